The SMILES string of the molecule is Cc1ccc2nc(N(CCCN(C)C)C(=O)CCOc3ccccc3)sc2c1. The molecule has 2 aromatic carbocycles. The molecule has 3 aromatic rings. The molecule has 1 heterocycles. The van der Waals surface area contributed by atoms with E-state index >= 15 is 0 Å². The topological polar surface area (TPSA) is 45.7 Å². The van der Waals surface area contributed by atoms with Gasteiger partial charge in [-0.05, 0) is 63.8 Å². The summed E-state index contributed by atoms with van der Waals surface area (Å²) < 4.78 is 6.82. The third-order valence-electron chi connectivity index (χ3n) is 4.38. The number of para-hydroxylation sites is 1. The Labute approximate surface area is 170 Å². The summed E-state index contributed by atoms with van der Waals surface area (Å²) >= 11 is 1.58. The number of anilines is 1. The zero-order valence-corrected chi connectivity index (χ0v) is 17.5. The molecule has 0 saturated carbocycles. The molecule has 1 aromatic heterocycles. The van der Waals surface area contributed by atoms with Gasteiger partial charge in [-0.3, -0.25) is 9.69 Å². The monoisotopic (exact) mass is 397 g/mol. The van der Waals surface area contributed by atoms with E-state index in [-0.39, 0.29) is 5.91 Å². The number of aryl methyl sites for hydroxylation is 1. The second kappa shape index (κ2) is 9.66. The number of hydrogen-bond donors (Lipinski definition) is 0. The molecule has 0 aliphatic heterocycles. The van der Waals surface area contributed by atoms with Crippen LogP contribution in [-0.4, -0.2) is 49.6 Å². The quantitative estimate of drug-likeness (QED) is 0.538. The Morgan fingerprint density at radius 3 is 2.64 bits per heavy atom. The van der Waals surface area contributed by atoms with Gasteiger partial charge in [0.05, 0.1) is 23.2 Å². The molecule has 0 radical (unpaired) electrons. The van der Waals surface area contributed by atoms with Crippen molar-refractivity contribution in [1.82, 2.24) is 9.88 Å². The minimum atomic E-state index is 0.0467. The zero-order chi connectivity index (χ0) is 19.9. The summed E-state index contributed by atoms with van der Waals surface area (Å²) in [5.74, 6) is 0.829. The lowest BCUT2D eigenvalue weighted by Crippen LogP contribution is -2.34. The van der Waals surface area contributed by atoms with Crippen LogP contribution in [0.5, 0.6) is 5.75 Å². The largest absolute Gasteiger partial charge is 0.493 e. The molecule has 1 amide bonds. The Balaban J connectivity index is 1.70. The number of thiazole rings is 1. The average molecular weight is 398 g/mol. The Morgan fingerprint density at radius 2 is 1.89 bits per heavy atom. The van der Waals surface area contributed by atoms with E-state index in [1.807, 2.05) is 55.4 Å². The van der Waals surface area contributed by atoms with Crippen LogP contribution >= 0.6 is 11.3 Å². The van der Waals surface area contributed by atoms with Crippen LogP contribution < -0.4 is 9.64 Å². The van der Waals surface area contributed by atoms with Gasteiger partial charge in [0.15, 0.2) is 5.13 Å². The molecule has 148 valence electrons. The summed E-state index contributed by atoms with van der Waals surface area (Å²) in [4.78, 5) is 21.6. The molecular weight excluding hydrogens is 370 g/mol. The highest BCUT2D eigenvalue weighted by atomic mass is 32.1. The number of nitrogens with zero attached hydrogens (tertiary/aromatic N) is 3. The number of amides is 1. The van der Waals surface area contributed by atoms with E-state index in [9.17, 15) is 4.79 Å². The first kappa shape index (κ1) is 20.3. The molecule has 28 heavy (non-hydrogen) atoms. The summed E-state index contributed by atoms with van der Waals surface area (Å²) in [7, 11) is 4.08. The van der Waals surface area contributed by atoms with Crippen LogP contribution in [0.3, 0.4) is 0 Å². The molecule has 5 nitrogen and oxygen atoms in total. The van der Waals surface area contributed by atoms with Gasteiger partial charge in [0.25, 0.3) is 0 Å². The van der Waals surface area contributed by atoms with Gasteiger partial charge in [0.1, 0.15) is 5.75 Å². The fourth-order valence-electron chi connectivity index (χ4n) is 2.92. The summed E-state index contributed by atoms with van der Waals surface area (Å²) in [6, 6.07) is 15.8. The number of rotatable bonds is 9. The van der Waals surface area contributed by atoms with Crippen LogP contribution in [0.25, 0.3) is 10.2 Å². The molecule has 3 rings (SSSR count). The van der Waals surface area contributed by atoms with Crippen molar-refractivity contribution in [1.29, 1.82) is 0 Å². The van der Waals surface area contributed by atoms with Crippen molar-refractivity contribution in [2.45, 2.75) is 19.8 Å². The van der Waals surface area contributed by atoms with Crippen molar-refractivity contribution in [3.05, 3.63) is 54.1 Å². The lowest BCUT2D eigenvalue weighted by atomic mass is 10.2. The number of carbonyl (C=O) groups excluding carboxylic acids is 1. The number of benzene rings is 2. The molecule has 0 aliphatic rings. The van der Waals surface area contributed by atoms with Crippen molar-refractivity contribution in [2.24, 2.45) is 0 Å². The molecule has 0 N–H and O–H groups in total. The van der Waals surface area contributed by atoms with Crippen molar-refractivity contribution >= 4 is 32.6 Å². The molecule has 0 spiro atoms. The van der Waals surface area contributed by atoms with Crippen LogP contribution in [0, 0.1) is 6.92 Å². The predicted molar refractivity (Wildman–Crippen MR) is 116 cm³/mol. The summed E-state index contributed by atoms with van der Waals surface area (Å²) in [6.07, 6.45) is 1.22. The first-order valence-electron chi connectivity index (χ1n) is 9.53. The maximum absolute atomic E-state index is 13.0. The summed E-state index contributed by atoms with van der Waals surface area (Å²) in [5, 5.41) is 0.768. The third kappa shape index (κ3) is 5.53. The maximum Gasteiger partial charge on any atom is 0.232 e. The second-order valence-electron chi connectivity index (χ2n) is 7.08. The summed E-state index contributed by atoms with van der Waals surface area (Å²) in [6.45, 7) is 4.01. The highest BCUT2D eigenvalue weighted by molar-refractivity contribution is 7.22. The molecule has 0 fully saturated rings. The zero-order valence-electron chi connectivity index (χ0n) is 16.7. The van der Waals surface area contributed by atoms with E-state index in [2.05, 4.69) is 24.0 Å². The van der Waals surface area contributed by atoms with Gasteiger partial charge in [-0.15, -0.1) is 0 Å². The van der Waals surface area contributed by atoms with E-state index in [0.717, 1.165) is 34.1 Å². The van der Waals surface area contributed by atoms with Crippen molar-refractivity contribution in [3.8, 4) is 5.75 Å². The third-order valence-corrected chi connectivity index (χ3v) is 5.42. The Kier molecular flexibility index (Phi) is 7.01. The molecule has 0 bridgehead atoms. The van der Waals surface area contributed by atoms with E-state index in [1.165, 1.54) is 5.56 Å². The number of hydrogen-bond acceptors (Lipinski definition) is 5. The second-order valence-corrected chi connectivity index (χ2v) is 8.09. The van der Waals surface area contributed by atoms with E-state index in [4.69, 9.17) is 9.72 Å². The maximum atomic E-state index is 13.0. The lowest BCUT2D eigenvalue weighted by Gasteiger charge is -2.21. The molecule has 0 saturated heterocycles. The Hall–Kier alpha value is -2.44. The first-order valence-corrected chi connectivity index (χ1v) is 10.3. The van der Waals surface area contributed by atoms with Crippen molar-refractivity contribution in [3.63, 3.8) is 0 Å². The van der Waals surface area contributed by atoms with Crippen LogP contribution in [0.4, 0.5) is 5.13 Å². The highest BCUT2D eigenvalue weighted by Gasteiger charge is 2.19. The number of aromatic nitrogens is 1. The van der Waals surface area contributed by atoms with Crippen molar-refractivity contribution in [2.75, 3.05) is 38.7 Å². The minimum absolute atomic E-state index is 0.0467. The van der Waals surface area contributed by atoms with Gasteiger partial charge in [0.2, 0.25) is 5.91 Å². The minimum Gasteiger partial charge on any atom is -0.493 e. The van der Waals surface area contributed by atoms with Crippen LogP contribution in [0.1, 0.15) is 18.4 Å². The van der Waals surface area contributed by atoms with E-state index in [0.29, 0.717) is 19.6 Å². The van der Waals surface area contributed by atoms with Gasteiger partial charge < -0.3 is 9.64 Å². The van der Waals surface area contributed by atoms with E-state index in [1.54, 1.807) is 11.3 Å². The fraction of sp³-hybridized carbons (Fsp3) is 0.364. The van der Waals surface area contributed by atoms with Crippen LogP contribution in [0.2, 0.25) is 0 Å². The van der Waals surface area contributed by atoms with Crippen LogP contribution in [0.15, 0.2) is 48.5 Å². The van der Waals surface area contributed by atoms with Crippen LogP contribution in [-0.2, 0) is 4.79 Å². The normalized spacial score (nSPS) is 11.1. The summed E-state index contributed by atoms with van der Waals surface area (Å²) in [5.41, 5.74) is 2.14. The molecule has 6 heteroatoms. The number of ether oxygens (including phenoxy) is 1. The molecule has 0 unspecified atom stereocenters. The predicted octanol–water partition coefficient (Wildman–Crippen LogP) is 4.36. The first-order chi connectivity index (χ1) is 13.5. The van der Waals surface area contributed by atoms with Gasteiger partial charge in [0, 0.05) is 6.54 Å². The fourth-order valence-corrected chi connectivity index (χ4v) is 4.02. The molecule has 0 aliphatic carbocycles. The standard InChI is InChI=1S/C22H27N3O2S/c1-17-10-11-19-20(16-17)28-22(23-19)25(14-7-13-24(2)3)21(26)12-15-27-18-8-5-4-6-9-18/h4-6,8-11,16H,7,12-15H2,1-3H3. The highest BCUT2D eigenvalue weighted by Crippen LogP contribution is 2.30. The lowest BCUT2D eigenvalue weighted by molar-refractivity contribution is -0.119. The van der Waals surface area contributed by atoms with Gasteiger partial charge in [-0.2, -0.15) is 0 Å². The number of carbonyl (C=O) groups is 1. The number of fused-ring (bicyclic) bond motifs is 1. The smallest absolute Gasteiger partial charge is 0.232 e. The Morgan fingerprint density at radius 1 is 1.11 bits per heavy atom. The van der Waals surface area contributed by atoms with E-state index < -0.39 is 0 Å². The Bertz CT molecular complexity index is 909. The van der Waals surface area contributed by atoms with Gasteiger partial charge in [-0.1, -0.05) is 35.6 Å². The molecular formula is C22H27N3O2S. The van der Waals surface area contributed by atoms with Gasteiger partial charge in [-0.25, -0.2) is 4.98 Å². The van der Waals surface area contributed by atoms with Crippen molar-refractivity contribution < 1.29 is 9.53 Å². The molecule has 0 atom stereocenters. The van der Waals surface area contributed by atoms with Gasteiger partial charge >= 0.3 is 0 Å². The average Bonchev–Trinajstić information content (AvgIpc) is 3.08.